The van der Waals surface area contributed by atoms with E-state index in [9.17, 15) is 31.1 Å². The van der Waals surface area contributed by atoms with Gasteiger partial charge in [-0.2, -0.15) is 26.3 Å². The molecule has 3 aromatic rings. The van der Waals surface area contributed by atoms with Crippen LogP contribution >= 0.6 is 11.6 Å². The number of fused-ring (bicyclic) bond motifs is 1. The van der Waals surface area contributed by atoms with Crippen LogP contribution < -0.4 is 20.9 Å². The number of imidazole rings is 1. The van der Waals surface area contributed by atoms with Crippen molar-refractivity contribution in [2.45, 2.75) is 63.5 Å². The van der Waals surface area contributed by atoms with Gasteiger partial charge in [0.2, 0.25) is 5.95 Å². The van der Waals surface area contributed by atoms with Gasteiger partial charge in [0.25, 0.3) is 5.91 Å². The topological polar surface area (TPSA) is 96.3 Å². The smallest absolute Gasteiger partial charge is 0.383 e. The number of alkyl halides is 6. The number of rotatable bonds is 12. The van der Waals surface area contributed by atoms with Gasteiger partial charge in [0, 0.05) is 46.9 Å². The number of amides is 1. The highest BCUT2D eigenvalue weighted by molar-refractivity contribution is 6.33. The number of ether oxygens (including phenoxy) is 1. The van der Waals surface area contributed by atoms with Crippen molar-refractivity contribution >= 4 is 46.1 Å². The SMILES string of the molecule is COCCN(C)c1nc2c(cc1C(=O)NC1CCC(C(F)(F)F)CC1)nc(Nc1cc(CNCC3(C(F)(F)F)CC3)ccc1Cl)n2C. The van der Waals surface area contributed by atoms with Gasteiger partial charge < -0.3 is 25.6 Å². The number of nitrogens with one attached hydrogen (secondary N) is 3. The molecule has 0 unspecified atom stereocenters. The quantitative estimate of drug-likeness (QED) is 0.182. The van der Waals surface area contributed by atoms with E-state index in [0.717, 1.165) is 5.56 Å². The number of hydrogen-bond donors (Lipinski definition) is 3. The number of nitrogens with zero attached hydrogens (tertiary/aromatic N) is 4. The highest BCUT2D eigenvalue weighted by atomic mass is 35.5. The Hall–Kier alpha value is -3.30. The van der Waals surface area contributed by atoms with Crippen LogP contribution in [0.1, 0.15) is 54.4 Å². The molecule has 258 valence electrons. The summed E-state index contributed by atoms with van der Waals surface area (Å²) in [5, 5.41) is 9.35. The molecule has 2 heterocycles. The maximum atomic E-state index is 13.5. The van der Waals surface area contributed by atoms with Crippen molar-refractivity contribution in [2.75, 3.05) is 44.1 Å². The summed E-state index contributed by atoms with van der Waals surface area (Å²) in [4.78, 5) is 24.7. The highest BCUT2D eigenvalue weighted by Crippen LogP contribution is 2.57. The Bertz CT molecular complexity index is 1580. The van der Waals surface area contributed by atoms with Crippen LogP contribution in [0.4, 0.5) is 43.8 Å². The number of benzene rings is 1. The molecule has 0 aliphatic heterocycles. The van der Waals surface area contributed by atoms with Gasteiger partial charge in [-0.1, -0.05) is 17.7 Å². The van der Waals surface area contributed by atoms with E-state index in [0.29, 0.717) is 46.8 Å². The Labute approximate surface area is 273 Å². The fraction of sp³-hybridized carbons (Fsp3) is 0.581. The van der Waals surface area contributed by atoms with Crippen molar-refractivity contribution in [3.05, 3.63) is 40.4 Å². The van der Waals surface area contributed by atoms with Gasteiger partial charge >= 0.3 is 12.4 Å². The molecule has 2 aliphatic rings. The lowest BCUT2D eigenvalue weighted by Crippen LogP contribution is -2.40. The van der Waals surface area contributed by atoms with Crippen molar-refractivity contribution in [1.82, 2.24) is 25.2 Å². The molecule has 1 aromatic carbocycles. The fourth-order valence-electron chi connectivity index (χ4n) is 5.89. The normalized spacial score (nSPS) is 19.5. The molecule has 47 heavy (non-hydrogen) atoms. The summed E-state index contributed by atoms with van der Waals surface area (Å²) in [6.07, 6.45) is -7.90. The first-order valence-corrected chi connectivity index (χ1v) is 15.8. The van der Waals surface area contributed by atoms with E-state index in [-0.39, 0.29) is 57.2 Å². The molecule has 1 amide bonds. The van der Waals surface area contributed by atoms with Gasteiger partial charge in [-0.25, -0.2) is 9.97 Å². The van der Waals surface area contributed by atoms with Gasteiger partial charge in [0.1, 0.15) is 11.3 Å². The predicted molar refractivity (Wildman–Crippen MR) is 167 cm³/mol. The summed E-state index contributed by atoms with van der Waals surface area (Å²) in [5.41, 5.74) is 0.602. The monoisotopic (exact) mass is 689 g/mol. The first kappa shape index (κ1) is 35.0. The minimum Gasteiger partial charge on any atom is -0.383 e. The van der Waals surface area contributed by atoms with E-state index in [1.165, 1.54) is 0 Å². The summed E-state index contributed by atoms with van der Waals surface area (Å²) in [6.45, 7) is 0.818. The third-order valence-corrected chi connectivity index (χ3v) is 9.44. The Kier molecular flexibility index (Phi) is 10.2. The third-order valence-electron chi connectivity index (χ3n) is 9.11. The molecular formula is C31H38ClF6N7O2. The number of carbonyl (C=O) groups is 1. The Morgan fingerprint density at radius 1 is 1.11 bits per heavy atom. The maximum Gasteiger partial charge on any atom is 0.395 e. The molecule has 0 bridgehead atoms. The van der Waals surface area contributed by atoms with Crippen LogP contribution in [0.15, 0.2) is 24.3 Å². The molecule has 0 saturated heterocycles. The van der Waals surface area contributed by atoms with Gasteiger partial charge in [-0.3, -0.25) is 9.36 Å². The zero-order valence-corrected chi connectivity index (χ0v) is 27.0. The van der Waals surface area contributed by atoms with E-state index in [4.69, 9.17) is 21.3 Å². The standard InChI is InChI=1S/C31H38ClF6N7O2/c1-44(12-13-47-3)25-21(27(46)40-20-7-5-19(6-8-20)30(33,34)35)15-24-26(43-25)45(2)28(42-24)41-23-14-18(4-9-22(23)32)16-39-17-29(10-11-29)31(36,37)38/h4,9,14-15,19-20,39H,5-8,10-13,16-17H2,1-3H3,(H,40,46)(H,41,42). The molecule has 9 nitrogen and oxygen atoms in total. The van der Waals surface area contributed by atoms with Crippen LogP contribution in [0.25, 0.3) is 11.2 Å². The number of hydrogen-bond acceptors (Lipinski definition) is 7. The number of likely N-dealkylation sites (N-methyl/N-ethyl adjacent to an activating group) is 1. The van der Waals surface area contributed by atoms with Crippen LogP contribution in [0.2, 0.25) is 5.02 Å². The molecule has 3 N–H and O–H groups in total. The Balaban J connectivity index is 1.36. The van der Waals surface area contributed by atoms with E-state index < -0.39 is 35.6 Å². The fourth-order valence-corrected chi connectivity index (χ4v) is 6.06. The summed E-state index contributed by atoms with van der Waals surface area (Å²) in [7, 11) is 5.04. The lowest BCUT2D eigenvalue weighted by molar-refractivity contribution is -0.185. The minimum atomic E-state index is -4.25. The van der Waals surface area contributed by atoms with Crippen LogP contribution in [-0.2, 0) is 18.3 Å². The average Bonchev–Trinajstić information content (AvgIpc) is 3.75. The van der Waals surface area contributed by atoms with Crippen LogP contribution in [0.5, 0.6) is 0 Å². The molecule has 2 aromatic heterocycles. The number of carbonyl (C=O) groups excluding carboxylic acids is 1. The minimum absolute atomic E-state index is 0.0459. The molecule has 2 fully saturated rings. The number of pyridine rings is 1. The average molecular weight is 690 g/mol. The lowest BCUT2D eigenvalue weighted by Gasteiger charge is -2.30. The summed E-state index contributed by atoms with van der Waals surface area (Å²) < 4.78 is 86.3. The highest BCUT2D eigenvalue weighted by Gasteiger charge is 2.62. The second kappa shape index (κ2) is 13.7. The van der Waals surface area contributed by atoms with E-state index >= 15 is 0 Å². The lowest BCUT2D eigenvalue weighted by atomic mass is 9.85. The molecular weight excluding hydrogens is 652 g/mol. The number of methoxy groups -OCH3 is 1. The first-order chi connectivity index (χ1) is 22.1. The van der Waals surface area contributed by atoms with Gasteiger partial charge in [-0.15, -0.1) is 0 Å². The zero-order valence-electron chi connectivity index (χ0n) is 26.3. The Morgan fingerprint density at radius 2 is 1.81 bits per heavy atom. The van der Waals surface area contributed by atoms with Crippen molar-refractivity contribution < 1.29 is 35.9 Å². The first-order valence-electron chi connectivity index (χ1n) is 15.4. The summed E-state index contributed by atoms with van der Waals surface area (Å²) >= 11 is 6.46. The molecule has 5 rings (SSSR count). The second-order valence-corrected chi connectivity index (χ2v) is 12.9. The van der Waals surface area contributed by atoms with Gasteiger partial charge in [0.15, 0.2) is 5.65 Å². The molecule has 2 aliphatic carbocycles. The molecule has 0 radical (unpaired) electrons. The summed E-state index contributed by atoms with van der Waals surface area (Å²) in [6, 6.07) is 6.30. The van der Waals surface area contributed by atoms with E-state index in [2.05, 4.69) is 20.9 Å². The van der Waals surface area contributed by atoms with Crippen molar-refractivity contribution in [2.24, 2.45) is 18.4 Å². The third kappa shape index (κ3) is 7.89. The van der Waals surface area contributed by atoms with E-state index in [1.54, 1.807) is 54.9 Å². The van der Waals surface area contributed by atoms with Crippen LogP contribution in [0, 0.1) is 11.3 Å². The number of aromatic nitrogens is 3. The van der Waals surface area contributed by atoms with Crippen LogP contribution in [0.3, 0.4) is 0 Å². The summed E-state index contributed by atoms with van der Waals surface area (Å²) in [5.74, 6) is -1.12. The van der Waals surface area contributed by atoms with Gasteiger partial charge in [0.05, 0.1) is 34.2 Å². The molecule has 16 heteroatoms. The van der Waals surface area contributed by atoms with Crippen molar-refractivity contribution in [3.63, 3.8) is 0 Å². The molecule has 2 saturated carbocycles. The van der Waals surface area contributed by atoms with Gasteiger partial charge in [-0.05, 0) is 62.3 Å². The molecule has 0 spiro atoms. The number of anilines is 3. The zero-order chi connectivity index (χ0) is 34.1. The largest absolute Gasteiger partial charge is 0.395 e. The van der Waals surface area contributed by atoms with Crippen molar-refractivity contribution in [3.8, 4) is 0 Å². The predicted octanol–water partition coefficient (Wildman–Crippen LogP) is 6.73. The molecule has 0 atom stereocenters. The Morgan fingerprint density at radius 3 is 2.43 bits per heavy atom. The second-order valence-electron chi connectivity index (χ2n) is 12.5. The van der Waals surface area contributed by atoms with Crippen molar-refractivity contribution in [1.29, 1.82) is 0 Å². The number of aryl methyl sites for hydroxylation is 1. The number of halogens is 7. The maximum absolute atomic E-state index is 13.5. The van der Waals surface area contributed by atoms with E-state index in [1.807, 2.05) is 0 Å². The van der Waals surface area contributed by atoms with Crippen LogP contribution in [-0.4, -0.2) is 72.7 Å².